The predicted molar refractivity (Wildman–Crippen MR) is 46.9 cm³/mol. The first-order valence-electron chi connectivity index (χ1n) is 4.25. The SMILES string of the molecule is CC(O)(O)c1cc(C(=O)[O-])ccc1C(=O)[O-]. The van der Waals surface area contributed by atoms with E-state index in [0.717, 1.165) is 25.1 Å². The third-order valence-corrected chi connectivity index (χ3v) is 1.99. The summed E-state index contributed by atoms with van der Waals surface area (Å²) in [6.45, 7) is 0.911. The molecule has 0 bridgehead atoms. The highest BCUT2D eigenvalue weighted by Crippen LogP contribution is 2.22. The van der Waals surface area contributed by atoms with Crippen LogP contribution in [0.2, 0.25) is 0 Å². The average molecular weight is 224 g/mol. The second-order valence-corrected chi connectivity index (χ2v) is 3.36. The van der Waals surface area contributed by atoms with Crippen LogP contribution >= 0.6 is 0 Å². The van der Waals surface area contributed by atoms with Gasteiger partial charge in [-0.25, -0.2) is 0 Å². The van der Waals surface area contributed by atoms with Crippen LogP contribution in [0.5, 0.6) is 0 Å². The van der Waals surface area contributed by atoms with Gasteiger partial charge in [0.05, 0.1) is 11.9 Å². The second kappa shape index (κ2) is 3.92. The molecule has 0 saturated heterocycles. The molecular weight excluding hydrogens is 216 g/mol. The number of aromatic carboxylic acids is 2. The summed E-state index contributed by atoms with van der Waals surface area (Å²) in [4.78, 5) is 21.2. The van der Waals surface area contributed by atoms with E-state index >= 15 is 0 Å². The van der Waals surface area contributed by atoms with E-state index in [1.165, 1.54) is 0 Å². The van der Waals surface area contributed by atoms with E-state index < -0.39 is 28.9 Å². The van der Waals surface area contributed by atoms with Gasteiger partial charge < -0.3 is 30.0 Å². The van der Waals surface area contributed by atoms with Gasteiger partial charge >= 0.3 is 0 Å². The topological polar surface area (TPSA) is 121 Å². The van der Waals surface area contributed by atoms with E-state index in [0.29, 0.717) is 0 Å². The summed E-state index contributed by atoms with van der Waals surface area (Å²) in [7, 11) is 0. The highest BCUT2D eigenvalue weighted by atomic mass is 16.5. The van der Waals surface area contributed by atoms with Crippen molar-refractivity contribution in [2.24, 2.45) is 0 Å². The number of benzene rings is 1. The molecule has 1 rings (SSSR count). The molecule has 86 valence electrons. The van der Waals surface area contributed by atoms with E-state index in [4.69, 9.17) is 0 Å². The number of aliphatic hydroxyl groups is 2. The van der Waals surface area contributed by atoms with Crippen LogP contribution < -0.4 is 10.2 Å². The molecule has 0 amide bonds. The van der Waals surface area contributed by atoms with Crippen molar-refractivity contribution in [1.29, 1.82) is 0 Å². The first-order valence-corrected chi connectivity index (χ1v) is 4.25. The van der Waals surface area contributed by atoms with Gasteiger partial charge in [-0.2, -0.15) is 0 Å². The molecule has 2 N–H and O–H groups in total. The zero-order valence-corrected chi connectivity index (χ0v) is 8.26. The highest BCUT2D eigenvalue weighted by Gasteiger charge is 2.23. The molecule has 16 heavy (non-hydrogen) atoms. The number of hydrogen-bond donors (Lipinski definition) is 2. The molecule has 0 fully saturated rings. The zero-order chi connectivity index (χ0) is 12.5. The summed E-state index contributed by atoms with van der Waals surface area (Å²) in [5.41, 5.74) is -1.30. The summed E-state index contributed by atoms with van der Waals surface area (Å²) >= 11 is 0. The molecule has 0 atom stereocenters. The lowest BCUT2D eigenvalue weighted by Gasteiger charge is -2.21. The monoisotopic (exact) mass is 224 g/mol. The van der Waals surface area contributed by atoms with Crippen molar-refractivity contribution in [2.75, 3.05) is 0 Å². The standard InChI is InChI=1S/C10H10O6/c1-10(15,16)7-4-5(8(11)12)2-3-6(7)9(13)14/h2-4,15-16H,1H3,(H,11,12)(H,13,14)/p-2. The summed E-state index contributed by atoms with van der Waals surface area (Å²) in [6, 6.07) is 2.72. The number of rotatable bonds is 3. The Labute approximate surface area is 90.4 Å². The Kier molecular flexibility index (Phi) is 2.97. The van der Waals surface area contributed by atoms with Gasteiger partial charge in [0, 0.05) is 11.1 Å². The predicted octanol–water partition coefficient (Wildman–Crippen LogP) is -2.43. The number of carboxylic acid groups (broad SMARTS) is 2. The zero-order valence-electron chi connectivity index (χ0n) is 8.26. The van der Waals surface area contributed by atoms with Crippen LogP contribution in [0.25, 0.3) is 0 Å². The Morgan fingerprint density at radius 2 is 1.75 bits per heavy atom. The molecule has 1 aromatic rings. The van der Waals surface area contributed by atoms with Crippen LogP contribution in [0, 0.1) is 0 Å². The summed E-state index contributed by atoms with van der Waals surface area (Å²) in [5, 5.41) is 39.7. The van der Waals surface area contributed by atoms with Crippen LogP contribution in [0.15, 0.2) is 18.2 Å². The second-order valence-electron chi connectivity index (χ2n) is 3.36. The summed E-state index contributed by atoms with van der Waals surface area (Å²) < 4.78 is 0. The van der Waals surface area contributed by atoms with Gasteiger partial charge in [0.25, 0.3) is 0 Å². The largest absolute Gasteiger partial charge is 0.545 e. The molecule has 0 aliphatic rings. The van der Waals surface area contributed by atoms with Gasteiger partial charge in [-0.3, -0.25) is 0 Å². The van der Waals surface area contributed by atoms with Crippen LogP contribution in [0.3, 0.4) is 0 Å². The lowest BCUT2D eigenvalue weighted by Crippen LogP contribution is -2.31. The molecule has 0 aliphatic carbocycles. The highest BCUT2D eigenvalue weighted by molar-refractivity contribution is 5.91. The summed E-state index contributed by atoms with van der Waals surface area (Å²) in [5.74, 6) is -5.65. The number of carbonyl (C=O) groups is 2. The van der Waals surface area contributed by atoms with Gasteiger partial charge in [-0.1, -0.05) is 12.1 Å². The molecule has 1 aromatic carbocycles. The van der Waals surface area contributed by atoms with Crippen molar-refractivity contribution >= 4 is 11.9 Å². The fourth-order valence-corrected chi connectivity index (χ4v) is 1.24. The molecule has 0 aliphatic heterocycles. The third kappa shape index (κ3) is 2.36. The van der Waals surface area contributed by atoms with Crippen molar-refractivity contribution in [3.8, 4) is 0 Å². The van der Waals surface area contributed by atoms with Crippen molar-refractivity contribution < 1.29 is 30.0 Å². The van der Waals surface area contributed by atoms with Crippen molar-refractivity contribution in [2.45, 2.75) is 12.7 Å². The van der Waals surface area contributed by atoms with E-state index in [-0.39, 0.29) is 5.56 Å². The van der Waals surface area contributed by atoms with Gasteiger partial charge in [-0.05, 0) is 18.6 Å². The Bertz CT molecular complexity index is 443. The maximum absolute atomic E-state index is 10.7. The van der Waals surface area contributed by atoms with Gasteiger partial charge in [0.15, 0.2) is 5.79 Å². The van der Waals surface area contributed by atoms with Crippen molar-refractivity contribution in [3.05, 3.63) is 34.9 Å². The fraction of sp³-hybridized carbons (Fsp3) is 0.200. The summed E-state index contributed by atoms with van der Waals surface area (Å²) in [6.07, 6.45) is 0. The quantitative estimate of drug-likeness (QED) is 0.551. The smallest absolute Gasteiger partial charge is 0.187 e. The van der Waals surface area contributed by atoms with E-state index in [1.807, 2.05) is 0 Å². The lowest BCUT2D eigenvalue weighted by atomic mass is 9.98. The van der Waals surface area contributed by atoms with Crippen molar-refractivity contribution in [3.63, 3.8) is 0 Å². The van der Waals surface area contributed by atoms with Gasteiger partial charge in [0.2, 0.25) is 0 Å². The fourth-order valence-electron chi connectivity index (χ4n) is 1.24. The molecular formula is C10H8O6-2. The number of carboxylic acids is 2. The molecule has 6 nitrogen and oxygen atoms in total. The minimum Gasteiger partial charge on any atom is -0.545 e. The normalized spacial score (nSPS) is 11.2. The molecule has 0 heterocycles. The minimum atomic E-state index is -2.47. The van der Waals surface area contributed by atoms with Crippen LogP contribution in [0.4, 0.5) is 0 Å². The molecule has 6 heteroatoms. The van der Waals surface area contributed by atoms with E-state index in [1.54, 1.807) is 0 Å². The Morgan fingerprint density at radius 1 is 1.19 bits per heavy atom. The molecule has 0 unspecified atom stereocenters. The van der Waals surface area contributed by atoms with E-state index in [2.05, 4.69) is 0 Å². The van der Waals surface area contributed by atoms with Crippen LogP contribution in [-0.2, 0) is 5.79 Å². The molecule has 0 spiro atoms. The van der Waals surface area contributed by atoms with Crippen molar-refractivity contribution in [1.82, 2.24) is 0 Å². The Balaban J connectivity index is 3.45. The minimum absolute atomic E-state index is 0.352. The number of hydrogen-bond acceptors (Lipinski definition) is 6. The first-order chi connectivity index (χ1) is 7.23. The molecule has 0 saturated carbocycles. The first kappa shape index (κ1) is 12.2. The maximum atomic E-state index is 10.7. The lowest BCUT2D eigenvalue weighted by molar-refractivity contribution is -0.257. The Morgan fingerprint density at radius 3 is 2.12 bits per heavy atom. The number of carbonyl (C=O) groups excluding carboxylic acids is 2. The van der Waals surface area contributed by atoms with E-state index in [9.17, 15) is 30.0 Å². The molecule has 0 radical (unpaired) electrons. The maximum Gasteiger partial charge on any atom is 0.187 e. The average Bonchev–Trinajstić information content (AvgIpc) is 2.15. The van der Waals surface area contributed by atoms with Gasteiger partial charge in [-0.15, -0.1) is 0 Å². The molecule has 0 aromatic heterocycles. The Hall–Kier alpha value is -1.92. The third-order valence-electron chi connectivity index (χ3n) is 1.99. The van der Waals surface area contributed by atoms with Crippen LogP contribution in [-0.4, -0.2) is 22.2 Å². The van der Waals surface area contributed by atoms with Crippen LogP contribution in [0.1, 0.15) is 33.2 Å². The van der Waals surface area contributed by atoms with Gasteiger partial charge in [0.1, 0.15) is 0 Å².